The summed E-state index contributed by atoms with van der Waals surface area (Å²) in [6.07, 6.45) is 3.64. The van der Waals surface area contributed by atoms with Crippen LogP contribution in [0.1, 0.15) is 54.4 Å². The summed E-state index contributed by atoms with van der Waals surface area (Å²) in [5.41, 5.74) is 1.52. The molecular formula is C20H31N3O4S. The van der Waals surface area contributed by atoms with Gasteiger partial charge in [0.25, 0.3) is 0 Å². The van der Waals surface area contributed by atoms with Crippen LogP contribution in [-0.4, -0.2) is 56.0 Å². The summed E-state index contributed by atoms with van der Waals surface area (Å²) >= 11 is 1.47. The summed E-state index contributed by atoms with van der Waals surface area (Å²) in [7, 11) is 1.72. The Kier molecular flexibility index (Phi) is 8.44. The molecule has 2 amide bonds. The number of anilines is 1. The van der Waals surface area contributed by atoms with Gasteiger partial charge in [-0.3, -0.25) is 14.5 Å². The first kappa shape index (κ1) is 22.4. The minimum atomic E-state index is -0.378. The van der Waals surface area contributed by atoms with Gasteiger partial charge in [0.2, 0.25) is 11.8 Å². The molecule has 0 radical (unpaired) electrons. The number of hydrogen-bond acceptors (Lipinski definition) is 6. The van der Waals surface area contributed by atoms with Crippen LogP contribution in [0.5, 0.6) is 0 Å². The largest absolute Gasteiger partial charge is 0.462 e. The molecular weight excluding hydrogens is 378 g/mol. The minimum Gasteiger partial charge on any atom is -0.462 e. The molecule has 8 heteroatoms. The standard InChI is InChI=1S/C20H31N3O4S/c1-5-9-21-16(24)11-23(4)12-17(25)22-19-18(20(26)27-6-2)14-8-7-13(3)10-15(14)28-19/h13H,5-12H2,1-4H3,(H,21,24)(H,22,25)/t13-/m1/s1. The number of esters is 1. The highest BCUT2D eigenvalue weighted by Gasteiger charge is 2.29. The zero-order chi connectivity index (χ0) is 20.7. The second-order valence-electron chi connectivity index (χ2n) is 7.35. The molecule has 2 rings (SSSR count). The molecule has 0 aromatic carbocycles. The number of fused-ring (bicyclic) bond motifs is 1. The maximum Gasteiger partial charge on any atom is 0.341 e. The van der Waals surface area contributed by atoms with E-state index in [4.69, 9.17) is 4.74 Å². The zero-order valence-corrected chi connectivity index (χ0v) is 18.0. The number of carbonyl (C=O) groups excluding carboxylic acids is 3. The third-order valence-electron chi connectivity index (χ3n) is 4.64. The Bertz CT molecular complexity index is 717. The third-order valence-corrected chi connectivity index (χ3v) is 5.81. The fraction of sp³-hybridized carbons (Fsp3) is 0.650. The van der Waals surface area contributed by atoms with Gasteiger partial charge in [0.1, 0.15) is 5.00 Å². The van der Waals surface area contributed by atoms with Gasteiger partial charge >= 0.3 is 5.97 Å². The lowest BCUT2D eigenvalue weighted by Crippen LogP contribution is -2.39. The SMILES string of the molecule is CCCNC(=O)CN(C)CC(=O)Nc1sc2c(c1C(=O)OCC)CC[C@@H](C)C2. The zero-order valence-electron chi connectivity index (χ0n) is 17.2. The summed E-state index contributed by atoms with van der Waals surface area (Å²) in [5, 5.41) is 6.23. The van der Waals surface area contributed by atoms with Gasteiger partial charge in [-0.05, 0) is 51.1 Å². The number of likely N-dealkylation sites (N-methyl/N-ethyl adjacent to an activating group) is 1. The molecule has 0 saturated carbocycles. The number of thiophene rings is 1. The number of ether oxygens (including phenoxy) is 1. The number of carbonyl (C=O) groups is 3. The predicted molar refractivity (Wildman–Crippen MR) is 111 cm³/mol. The van der Waals surface area contributed by atoms with E-state index in [0.717, 1.165) is 36.1 Å². The molecule has 1 aromatic rings. The van der Waals surface area contributed by atoms with Gasteiger partial charge in [0.05, 0.1) is 25.3 Å². The van der Waals surface area contributed by atoms with Crippen LogP contribution in [0.2, 0.25) is 0 Å². The van der Waals surface area contributed by atoms with Gasteiger partial charge in [0, 0.05) is 11.4 Å². The van der Waals surface area contributed by atoms with E-state index in [1.807, 2.05) is 6.92 Å². The van der Waals surface area contributed by atoms with Crippen LogP contribution < -0.4 is 10.6 Å². The highest BCUT2D eigenvalue weighted by atomic mass is 32.1. The van der Waals surface area contributed by atoms with Crippen LogP contribution in [0, 0.1) is 5.92 Å². The fourth-order valence-corrected chi connectivity index (χ4v) is 4.71. The highest BCUT2D eigenvalue weighted by molar-refractivity contribution is 7.17. The fourth-order valence-electron chi connectivity index (χ4n) is 3.29. The van der Waals surface area contributed by atoms with Crippen molar-refractivity contribution in [1.29, 1.82) is 0 Å². The number of rotatable bonds is 9. The van der Waals surface area contributed by atoms with Gasteiger partial charge in [-0.15, -0.1) is 11.3 Å². The first-order valence-electron chi connectivity index (χ1n) is 9.92. The summed E-state index contributed by atoms with van der Waals surface area (Å²) in [4.78, 5) is 39.6. The van der Waals surface area contributed by atoms with Crippen LogP contribution in [0.3, 0.4) is 0 Å². The van der Waals surface area contributed by atoms with Gasteiger partial charge in [-0.2, -0.15) is 0 Å². The van der Waals surface area contributed by atoms with E-state index in [9.17, 15) is 14.4 Å². The Hall–Kier alpha value is -1.93. The van der Waals surface area contributed by atoms with Crippen molar-refractivity contribution in [3.8, 4) is 0 Å². The summed E-state index contributed by atoms with van der Waals surface area (Å²) < 4.78 is 5.23. The lowest BCUT2D eigenvalue weighted by molar-refractivity contribution is -0.122. The molecule has 0 bridgehead atoms. The normalized spacial score (nSPS) is 15.8. The summed E-state index contributed by atoms with van der Waals surface area (Å²) in [6.45, 7) is 7.10. The Balaban J connectivity index is 2.06. The lowest BCUT2D eigenvalue weighted by Gasteiger charge is -2.18. The first-order valence-corrected chi connectivity index (χ1v) is 10.7. The number of amides is 2. The van der Waals surface area contributed by atoms with Crippen molar-refractivity contribution in [1.82, 2.24) is 10.2 Å². The Morgan fingerprint density at radius 1 is 1.21 bits per heavy atom. The van der Waals surface area contributed by atoms with Crippen LogP contribution >= 0.6 is 11.3 Å². The van der Waals surface area contributed by atoms with Crippen molar-refractivity contribution in [2.45, 2.75) is 46.5 Å². The van der Waals surface area contributed by atoms with E-state index >= 15 is 0 Å². The van der Waals surface area contributed by atoms with Crippen LogP contribution in [0.15, 0.2) is 0 Å². The molecule has 1 aliphatic carbocycles. The van der Waals surface area contributed by atoms with E-state index in [1.54, 1.807) is 18.9 Å². The average Bonchev–Trinajstić information content (AvgIpc) is 2.96. The Morgan fingerprint density at radius 2 is 1.93 bits per heavy atom. The molecule has 0 saturated heterocycles. The van der Waals surface area contributed by atoms with Crippen LogP contribution in [0.25, 0.3) is 0 Å². The Morgan fingerprint density at radius 3 is 2.61 bits per heavy atom. The topological polar surface area (TPSA) is 87.7 Å². The molecule has 0 aliphatic heterocycles. The second-order valence-corrected chi connectivity index (χ2v) is 8.45. The minimum absolute atomic E-state index is 0.0702. The smallest absolute Gasteiger partial charge is 0.341 e. The number of nitrogens with one attached hydrogen (secondary N) is 2. The quantitative estimate of drug-likeness (QED) is 0.612. The van der Waals surface area contributed by atoms with Gasteiger partial charge < -0.3 is 15.4 Å². The van der Waals surface area contributed by atoms with Crippen molar-refractivity contribution in [2.24, 2.45) is 5.92 Å². The molecule has 7 nitrogen and oxygen atoms in total. The molecule has 156 valence electrons. The second kappa shape index (κ2) is 10.6. The number of hydrogen-bond donors (Lipinski definition) is 2. The molecule has 1 atom stereocenters. The third kappa shape index (κ3) is 6.04. The molecule has 1 aliphatic rings. The predicted octanol–water partition coefficient (Wildman–Crippen LogP) is 2.45. The average molecular weight is 410 g/mol. The molecule has 0 unspecified atom stereocenters. The van der Waals surface area contributed by atoms with Crippen molar-refractivity contribution in [2.75, 3.05) is 38.6 Å². The van der Waals surface area contributed by atoms with Crippen molar-refractivity contribution < 1.29 is 19.1 Å². The molecule has 1 aromatic heterocycles. The Labute approximate surface area is 170 Å². The van der Waals surface area contributed by atoms with E-state index in [2.05, 4.69) is 17.6 Å². The van der Waals surface area contributed by atoms with Crippen molar-refractivity contribution in [3.05, 3.63) is 16.0 Å². The first-order chi connectivity index (χ1) is 13.3. The van der Waals surface area contributed by atoms with Gasteiger partial charge in [0.15, 0.2) is 0 Å². The van der Waals surface area contributed by atoms with E-state index in [-0.39, 0.29) is 30.9 Å². The number of nitrogens with zero attached hydrogens (tertiary/aromatic N) is 1. The van der Waals surface area contributed by atoms with Crippen LogP contribution in [-0.2, 0) is 27.2 Å². The maximum absolute atomic E-state index is 12.5. The lowest BCUT2D eigenvalue weighted by atomic mass is 9.88. The monoisotopic (exact) mass is 409 g/mol. The maximum atomic E-state index is 12.5. The van der Waals surface area contributed by atoms with Crippen molar-refractivity contribution in [3.63, 3.8) is 0 Å². The molecule has 1 heterocycles. The molecule has 2 N–H and O–H groups in total. The molecule has 0 fully saturated rings. The van der Waals surface area contributed by atoms with E-state index in [0.29, 0.717) is 29.6 Å². The van der Waals surface area contributed by atoms with Crippen molar-refractivity contribution >= 4 is 34.1 Å². The highest BCUT2D eigenvalue weighted by Crippen LogP contribution is 2.40. The van der Waals surface area contributed by atoms with Crippen LogP contribution in [0.4, 0.5) is 5.00 Å². The molecule has 28 heavy (non-hydrogen) atoms. The summed E-state index contributed by atoms with van der Waals surface area (Å²) in [5.74, 6) is -0.164. The van der Waals surface area contributed by atoms with Gasteiger partial charge in [-0.25, -0.2) is 4.79 Å². The summed E-state index contributed by atoms with van der Waals surface area (Å²) in [6, 6.07) is 0. The van der Waals surface area contributed by atoms with E-state index in [1.165, 1.54) is 11.3 Å². The molecule has 0 spiro atoms. The van der Waals surface area contributed by atoms with E-state index < -0.39 is 0 Å². The van der Waals surface area contributed by atoms with Gasteiger partial charge in [-0.1, -0.05) is 13.8 Å².